The van der Waals surface area contributed by atoms with E-state index in [2.05, 4.69) is 15.3 Å². The van der Waals surface area contributed by atoms with Crippen molar-refractivity contribution >= 4 is 35.5 Å². The Bertz CT molecular complexity index is 892. The lowest BCUT2D eigenvalue weighted by atomic mass is 10.1. The molecule has 3 aromatic rings. The molecule has 0 amide bonds. The second-order valence-electron chi connectivity index (χ2n) is 5.03. The first kappa shape index (κ1) is 17.2. The molecule has 1 aromatic heterocycles. The first-order valence-corrected chi connectivity index (χ1v) is 8.61. The van der Waals surface area contributed by atoms with Gasteiger partial charge in [0.2, 0.25) is 5.16 Å². The van der Waals surface area contributed by atoms with Crippen LogP contribution in [0.2, 0.25) is 5.02 Å². The Labute approximate surface area is 153 Å². The number of carbonyl (C=O) groups excluding carboxylic acids is 1. The lowest BCUT2D eigenvalue weighted by molar-refractivity contribution is -0.255. The number of benzene rings is 2. The van der Waals surface area contributed by atoms with Crippen LogP contribution in [0.15, 0.2) is 65.1 Å². The molecule has 0 saturated carbocycles. The lowest BCUT2D eigenvalue weighted by Gasteiger charge is -2.03. The van der Waals surface area contributed by atoms with E-state index in [-0.39, 0.29) is 5.56 Å². The predicted octanol–water partition coefficient (Wildman–Crippen LogP) is 2.47. The zero-order valence-corrected chi connectivity index (χ0v) is 14.4. The van der Waals surface area contributed by atoms with Gasteiger partial charge in [-0.2, -0.15) is 9.78 Å². The van der Waals surface area contributed by atoms with Crippen molar-refractivity contribution in [1.29, 1.82) is 0 Å². The van der Waals surface area contributed by atoms with Crippen molar-refractivity contribution in [2.24, 2.45) is 5.10 Å². The summed E-state index contributed by atoms with van der Waals surface area (Å²) in [6.45, 7) is 0. The predicted molar refractivity (Wildman–Crippen MR) is 94.8 cm³/mol. The van der Waals surface area contributed by atoms with Crippen LogP contribution in [0.3, 0.4) is 0 Å². The monoisotopic (exact) mass is 371 g/mol. The van der Waals surface area contributed by atoms with Gasteiger partial charge >= 0.3 is 0 Å². The summed E-state index contributed by atoms with van der Waals surface area (Å²) in [5.74, 6) is -0.491. The van der Waals surface area contributed by atoms with Gasteiger partial charge in [-0.1, -0.05) is 59.8 Å². The number of hydrogen-bond donors (Lipinski definition) is 0. The van der Waals surface area contributed by atoms with E-state index in [1.165, 1.54) is 30.2 Å². The maximum absolute atomic E-state index is 10.7. The highest BCUT2D eigenvalue weighted by Gasteiger charge is 2.04. The van der Waals surface area contributed by atoms with Crippen molar-refractivity contribution in [2.45, 2.75) is 10.9 Å². The topological polar surface area (TPSA) is 83.2 Å². The van der Waals surface area contributed by atoms with Gasteiger partial charge in [0.1, 0.15) is 6.33 Å². The molecule has 1 heterocycles. The molecule has 6 nitrogen and oxygen atoms in total. The summed E-state index contributed by atoms with van der Waals surface area (Å²) in [5.41, 5.74) is 2.00. The van der Waals surface area contributed by atoms with Crippen LogP contribution in [0.4, 0.5) is 0 Å². The van der Waals surface area contributed by atoms with Crippen molar-refractivity contribution in [3.05, 3.63) is 76.6 Å². The summed E-state index contributed by atoms with van der Waals surface area (Å²) in [4.78, 5) is 10.7. The van der Waals surface area contributed by atoms with Crippen molar-refractivity contribution < 1.29 is 9.90 Å². The summed E-state index contributed by atoms with van der Waals surface area (Å²) in [5, 5.41) is 24.3. The van der Waals surface area contributed by atoms with Gasteiger partial charge in [0.25, 0.3) is 0 Å². The molecule has 0 fully saturated rings. The fourth-order valence-corrected chi connectivity index (χ4v) is 2.90. The van der Waals surface area contributed by atoms with Crippen LogP contribution in [0.5, 0.6) is 0 Å². The average Bonchev–Trinajstić information content (AvgIpc) is 3.07. The van der Waals surface area contributed by atoms with Crippen molar-refractivity contribution in [1.82, 2.24) is 14.9 Å². The molecule has 0 radical (unpaired) electrons. The number of aromatic carboxylic acids is 1. The smallest absolute Gasteiger partial charge is 0.212 e. The fourth-order valence-electron chi connectivity index (χ4n) is 1.96. The van der Waals surface area contributed by atoms with E-state index in [4.69, 9.17) is 11.6 Å². The normalized spacial score (nSPS) is 11.1. The van der Waals surface area contributed by atoms with Gasteiger partial charge < -0.3 is 9.90 Å². The zero-order valence-electron chi connectivity index (χ0n) is 12.9. The van der Waals surface area contributed by atoms with E-state index in [1.54, 1.807) is 23.0 Å². The zero-order chi connectivity index (χ0) is 17.6. The molecule has 0 atom stereocenters. The summed E-state index contributed by atoms with van der Waals surface area (Å²) in [6.07, 6.45) is 3.12. The quantitative estimate of drug-likeness (QED) is 0.491. The molecule has 0 aliphatic rings. The SMILES string of the molecule is O=C([O-])c1ccc(/C=N\n2cnnc2SCc2ccc(Cl)cc2)cc1. The minimum Gasteiger partial charge on any atom is -0.545 e. The Morgan fingerprint density at radius 2 is 1.92 bits per heavy atom. The van der Waals surface area contributed by atoms with Crippen molar-refractivity contribution in [3.63, 3.8) is 0 Å². The number of carbonyl (C=O) groups is 1. The molecule has 0 aliphatic heterocycles. The van der Waals surface area contributed by atoms with E-state index in [0.29, 0.717) is 15.9 Å². The minimum atomic E-state index is -1.21. The van der Waals surface area contributed by atoms with E-state index in [0.717, 1.165) is 11.1 Å². The largest absolute Gasteiger partial charge is 0.545 e. The van der Waals surface area contributed by atoms with Crippen LogP contribution in [0.1, 0.15) is 21.5 Å². The molecule has 25 heavy (non-hydrogen) atoms. The number of halogens is 1. The van der Waals surface area contributed by atoms with Crippen LogP contribution in [0.25, 0.3) is 0 Å². The lowest BCUT2D eigenvalue weighted by Crippen LogP contribution is -2.21. The number of rotatable bonds is 6. The van der Waals surface area contributed by atoms with Gasteiger partial charge in [-0.3, -0.25) is 0 Å². The van der Waals surface area contributed by atoms with Crippen molar-refractivity contribution in [2.75, 3.05) is 0 Å². The van der Waals surface area contributed by atoms with Crippen LogP contribution in [0, 0.1) is 0 Å². The van der Waals surface area contributed by atoms with Crippen molar-refractivity contribution in [3.8, 4) is 0 Å². The Morgan fingerprint density at radius 3 is 2.60 bits per heavy atom. The van der Waals surface area contributed by atoms with E-state index < -0.39 is 5.97 Å². The second kappa shape index (κ2) is 7.96. The van der Waals surface area contributed by atoms with E-state index in [1.807, 2.05) is 24.3 Å². The molecule has 0 unspecified atom stereocenters. The molecule has 0 saturated heterocycles. The maximum atomic E-state index is 10.7. The molecule has 3 rings (SSSR count). The van der Waals surface area contributed by atoms with Crippen LogP contribution in [-0.2, 0) is 5.75 Å². The average molecular weight is 372 g/mol. The third kappa shape index (κ3) is 4.68. The third-order valence-corrected chi connectivity index (χ3v) is 4.52. The first-order valence-electron chi connectivity index (χ1n) is 7.25. The summed E-state index contributed by atoms with van der Waals surface area (Å²) in [7, 11) is 0. The van der Waals surface area contributed by atoms with E-state index >= 15 is 0 Å². The number of thioether (sulfide) groups is 1. The van der Waals surface area contributed by atoms with Gasteiger partial charge in [-0.05, 0) is 28.8 Å². The number of nitrogens with zero attached hydrogens (tertiary/aromatic N) is 4. The Morgan fingerprint density at radius 1 is 1.20 bits per heavy atom. The molecule has 126 valence electrons. The maximum Gasteiger partial charge on any atom is 0.212 e. The van der Waals surface area contributed by atoms with Gasteiger partial charge in [0, 0.05) is 10.8 Å². The molecule has 0 aliphatic carbocycles. The molecule has 2 aromatic carbocycles. The molecule has 8 heteroatoms. The Hall–Kier alpha value is -2.64. The third-order valence-electron chi connectivity index (χ3n) is 3.26. The molecule has 0 N–H and O–H groups in total. The highest BCUT2D eigenvalue weighted by atomic mass is 35.5. The first-order chi connectivity index (χ1) is 12.1. The van der Waals surface area contributed by atoms with Gasteiger partial charge in [0.05, 0.1) is 12.2 Å². The van der Waals surface area contributed by atoms with Gasteiger partial charge in [-0.25, -0.2) is 0 Å². The minimum absolute atomic E-state index is 0.126. The van der Waals surface area contributed by atoms with Crippen LogP contribution in [-0.4, -0.2) is 27.1 Å². The summed E-state index contributed by atoms with van der Waals surface area (Å²) >= 11 is 7.38. The Kier molecular flexibility index (Phi) is 5.47. The van der Waals surface area contributed by atoms with Crippen LogP contribution < -0.4 is 5.11 Å². The van der Waals surface area contributed by atoms with E-state index in [9.17, 15) is 9.90 Å². The second-order valence-corrected chi connectivity index (χ2v) is 6.41. The fraction of sp³-hybridized carbons (Fsp3) is 0.0588. The Balaban J connectivity index is 1.66. The molecule has 0 bridgehead atoms. The molecule has 0 spiro atoms. The highest BCUT2D eigenvalue weighted by molar-refractivity contribution is 7.98. The standard InChI is InChI=1S/C17H13ClN4O2S/c18-15-7-3-13(4-8-15)10-25-17-21-19-11-22(17)20-9-12-1-5-14(6-2-12)16(23)24/h1-9,11H,10H2,(H,23,24)/p-1/b20-9-. The highest BCUT2D eigenvalue weighted by Crippen LogP contribution is 2.21. The number of carboxylic acid groups (broad SMARTS) is 1. The molecular formula is C17H12ClN4O2S-. The summed E-state index contributed by atoms with van der Waals surface area (Å²) < 4.78 is 1.56. The summed E-state index contributed by atoms with van der Waals surface area (Å²) in [6, 6.07) is 13.8. The number of hydrogen-bond acceptors (Lipinski definition) is 6. The van der Waals surface area contributed by atoms with Gasteiger partial charge in [-0.15, -0.1) is 10.2 Å². The number of aromatic nitrogens is 3. The molecular weight excluding hydrogens is 360 g/mol. The van der Waals surface area contributed by atoms with Gasteiger partial charge in [0.15, 0.2) is 0 Å². The van der Waals surface area contributed by atoms with Crippen LogP contribution >= 0.6 is 23.4 Å². The number of carboxylic acids is 1.